The Hall–Kier alpha value is -2.82. The molecule has 0 aliphatic rings. The smallest absolute Gasteiger partial charge is 0.326 e. The highest BCUT2D eigenvalue weighted by Gasteiger charge is 2.21. The molecule has 1 aromatic carbocycles. The van der Waals surface area contributed by atoms with Crippen molar-refractivity contribution in [2.75, 3.05) is 0 Å². The highest BCUT2D eigenvalue weighted by atomic mass is 16.4. The average molecular weight is 495 g/mol. The maximum atomic E-state index is 12.3. The molecule has 2 rings (SSSR count). The number of unbranched alkanes of at least 4 members (excludes halogenated alkanes) is 10. The van der Waals surface area contributed by atoms with Crippen LogP contribution in [0, 0.1) is 0 Å². The van der Waals surface area contributed by atoms with Crippen LogP contribution in [0.5, 0.6) is 0 Å². The lowest BCUT2D eigenvalue weighted by Gasteiger charge is -2.14. The zero-order valence-corrected chi connectivity index (χ0v) is 22.1. The van der Waals surface area contributed by atoms with Gasteiger partial charge in [-0.1, -0.05) is 94.4 Å². The van der Waals surface area contributed by atoms with Crippen molar-refractivity contribution in [1.29, 1.82) is 0 Å². The SMILES string of the molecule is CCCCC/C=C\C/C=C\CCCCCCCCCC(=O)N[C@@H](Cc1c[nH]c2ccccc12)C(=O)O. The van der Waals surface area contributed by atoms with Crippen LogP contribution in [0.2, 0.25) is 0 Å². The predicted molar refractivity (Wildman–Crippen MR) is 150 cm³/mol. The minimum Gasteiger partial charge on any atom is -0.480 e. The zero-order valence-electron chi connectivity index (χ0n) is 22.1. The van der Waals surface area contributed by atoms with Gasteiger partial charge in [0.25, 0.3) is 0 Å². The van der Waals surface area contributed by atoms with Gasteiger partial charge in [-0.25, -0.2) is 4.79 Å². The molecular weight excluding hydrogens is 448 g/mol. The fourth-order valence-corrected chi connectivity index (χ4v) is 4.44. The number of nitrogens with one attached hydrogen (secondary N) is 2. The number of para-hydroxylation sites is 1. The Morgan fingerprint density at radius 2 is 1.53 bits per heavy atom. The summed E-state index contributed by atoms with van der Waals surface area (Å²) < 4.78 is 0. The molecule has 1 atom stereocenters. The number of carboxylic acid groups (broad SMARTS) is 1. The zero-order chi connectivity index (χ0) is 25.8. The number of carbonyl (C=O) groups is 2. The quantitative estimate of drug-likeness (QED) is 0.129. The summed E-state index contributed by atoms with van der Waals surface area (Å²) in [5, 5.41) is 13.3. The average Bonchev–Trinajstić information content (AvgIpc) is 3.28. The second-order valence-corrected chi connectivity index (χ2v) is 9.71. The van der Waals surface area contributed by atoms with Crippen LogP contribution < -0.4 is 5.32 Å². The number of allylic oxidation sites excluding steroid dienone is 4. The Labute approximate surface area is 217 Å². The van der Waals surface area contributed by atoms with E-state index in [4.69, 9.17) is 0 Å². The van der Waals surface area contributed by atoms with Gasteiger partial charge in [-0.15, -0.1) is 0 Å². The predicted octanol–water partition coefficient (Wildman–Crippen LogP) is 7.87. The number of carbonyl (C=O) groups excluding carboxylic acids is 1. The van der Waals surface area contributed by atoms with Crippen molar-refractivity contribution < 1.29 is 14.7 Å². The van der Waals surface area contributed by atoms with Gasteiger partial charge in [0.05, 0.1) is 0 Å². The van der Waals surface area contributed by atoms with E-state index in [-0.39, 0.29) is 12.3 Å². The summed E-state index contributed by atoms with van der Waals surface area (Å²) >= 11 is 0. The van der Waals surface area contributed by atoms with E-state index in [9.17, 15) is 14.7 Å². The van der Waals surface area contributed by atoms with E-state index < -0.39 is 12.0 Å². The lowest BCUT2D eigenvalue weighted by Crippen LogP contribution is -2.42. The van der Waals surface area contributed by atoms with Gasteiger partial charge >= 0.3 is 5.97 Å². The van der Waals surface area contributed by atoms with E-state index in [1.54, 1.807) is 0 Å². The van der Waals surface area contributed by atoms with Crippen LogP contribution in [0.3, 0.4) is 0 Å². The second-order valence-electron chi connectivity index (χ2n) is 9.71. The summed E-state index contributed by atoms with van der Waals surface area (Å²) in [6.45, 7) is 2.24. The number of hydrogen-bond donors (Lipinski definition) is 3. The minimum absolute atomic E-state index is 0.176. The van der Waals surface area contributed by atoms with Crippen molar-refractivity contribution in [3.63, 3.8) is 0 Å². The first kappa shape index (κ1) is 29.4. The third-order valence-electron chi connectivity index (χ3n) is 6.59. The van der Waals surface area contributed by atoms with Crippen molar-refractivity contribution in [3.05, 3.63) is 60.3 Å². The van der Waals surface area contributed by atoms with Crippen LogP contribution in [0.25, 0.3) is 10.9 Å². The molecule has 1 amide bonds. The molecule has 0 unspecified atom stereocenters. The van der Waals surface area contributed by atoms with Crippen molar-refractivity contribution in [2.45, 2.75) is 109 Å². The van der Waals surface area contributed by atoms with E-state index in [0.29, 0.717) is 6.42 Å². The molecule has 0 aliphatic heterocycles. The summed E-state index contributed by atoms with van der Waals surface area (Å²) in [6, 6.07) is 6.88. The van der Waals surface area contributed by atoms with Gasteiger partial charge in [-0.2, -0.15) is 0 Å². The van der Waals surface area contributed by atoms with Crippen LogP contribution in [0.15, 0.2) is 54.8 Å². The van der Waals surface area contributed by atoms with Gasteiger partial charge in [0.2, 0.25) is 5.91 Å². The molecule has 5 heteroatoms. The molecule has 2 aromatic rings. The molecule has 0 saturated heterocycles. The first-order valence-electron chi connectivity index (χ1n) is 14.0. The maximum Gasteiger partial charge on any atom is 0.326 e. The number of rotatable bonds is 20. The number of aromatic nitrogens is 1. The van der Waals surface area contributed by atoms with Gasteiger partial charge in [0, 0.05) is 29.9 Å². The number of carboxylic acids is 1. The summed E-state index contributed by atoms with van der Waals surface area (Å²) in [4.78, 5) is 27.2. The normalized spacial score (nSPS) is 12.6. The lowest BCUT2D eigenvalue weighted by molar-refractivity contribution is -0.141. The highest BCUT2D eigenvalue weighted by molar-refractivity contribution is 5.86. The molecule has 0 bridgehead atoms. The minimum atomic E-state index is -0.998. The molecule has 5 nitrogen and oxygen atoms in total. The molecular formula is C31H46N2O3. The Kier molecular flexibility index (Phi) is 15.1. The largest absolute Gasteiger partial charge is 0.480 e. The van der Waals surface area contributed by atoms with Gasteiger partial charge in [-0.3, -0.25) is 4.79 Å². The van der Waals surface area contributed by atoms with Crippen LogP contribution >= 0.6 is 0 Å². The van der Waals surface area contributed by atoms with E-state index in [2.05, 4.69) is 41.5 Å². The molecule has 0 spiro atoms. The van der Waals surface area contributed by atoms with E-state index >= 15 is 0 Å². The molecule has 36 heavy (non-hydrogen) atoms. The summed E-state index contributed by atoms with van der Waals surface area (Å²) in [6.07, 6.45) is 26.9. The van der Waals surface area contributed by atoms with Gasteiger partial charge < -0.3 is 15.4 Å². The van der Waals surface area contributed by atoms with E-state index in [0.717, 1.165) is 48.6 Å². The molecule has 0 fully saturated rings. The number of benzene rings is 1. The van der Waals surface area contributed by atoms with E-state index in [1.807, 2.05) is 30.5 Å². The van der Waals surface area contributed by atoms with Gasteiger partial charge in [0.15, 0.2) is 0 Å². The highest BCUT2D eigenvalue weighted by Crippen LogP contribution is 2.19. The Bertz CT molecular complexity index is 944. The number of H-pyrrole nitrogens is 1. The van der Waals surface area contributed by atoms with Crippen LogP contribution in [-0.4, -0.2) is 28.0 Å². The third-order valence-corrected chi connectivity index (χ3v) is 6.59. The molecule has 0 saturated carbocycles. The fourth-order valence-electron chi connectivity index (χ4n) is 4.44. The Morgan fingerprint density at radius 1 is 0.889 bits per heavy atom. The number of amides is 1. The first-order valence-corrected chi connectivity index (χ1v) is 14.0. The standard InChI is InChI=1S/C31H46N2O3/c1-2-3-4-5-6-7-8-9-10-11-12-13-14-15-16-17-18-23-30(34)33-29(31(35)36)24-26-25-32-28-22-20-19-21-27(26)28/h6-7,9-10,19-22,25,29,32H,2-5,8,11-18,23-24H2,1H3,(H,33,34)(H,35,36)/b7-6-,10-9-/t29-/m0/s1. The summed E-state index contributed by atoms with van der Waals surface area (Å²) in [7, 11) is 0. The number of fused-ring (bicyclic) bond motifs is 1. The molecule has 0 radical (unpaired) electrons. The Balaban J connectivity index is 1.48. The second kappa shape index (κ2) is 18.4. The lowest BCUT2D eigenvalue weighted by atomic mass is 10.0. The maximum absolute atomic E-state index is 12.3. The molecule has 3 N–H and O–H groups in total. The molecule has 198 valence electrons. The summed E-state index contributed by atoms with van der Waals surface area (Å²) in [5.74, 6) is -1.17. The first-order chi connectivity index (χ1) is 17.6. The molecule has 0 aliphatic carbocycles. The topological polar surface area (TPSA) is 82.2 Å². The summed E-state index contributed by atoms with van der Waals surface area (Å²) in [5.41, 5.74) is 1.88. The van der Waals surface area contributed by atoms with Crippen molar-refractivity contribution in [3.8, 4) is 0 Å². The molecule has 1 aromatic heterocycles. The number of hydrogen-bond acceptors (Lipinski definition) is 2. The van der Waals surface area contributed by atoms with Gasteiger partial charge in [0.1, 0.15) is 6.04 Å². The van der Waals surface area contributed by atoms with Crippen molar-refractivity contribution in [1.82, 2.24) is 10.3 Å². The van der Waals surface area contributed by atoms with Crippen molar-refractivity contribution >= 4 is 22.8 Å². The van der Waals surface area contributed by atoms with Crippen LogP contribution in [0.1, 0.15) is 102 Å². The van der Waals surface area contributed by atoms with Crippen molar-refractivity contribution in [2.24, 2.45) is 0 Å². The monoisotopic (exact) mass is 494 g/mol. The van der Waals surface area contributed by atoms with Gasteiger partial charge in [-0.05, 0) is 50.2 Å². The van der Waals surface area contributed by atoms with Crippen LogP contribution in [0.4, 0.5) is 0 Å². The molecule has 1 heterocycles. The number of aliphatic carboxylic acids is 1. The van der Waals surface area contributed by atoms with E-state index in [1.165, 1.54) is 51.4 Å². The fraction of sp³-hybridized carbons (Fsp3) is 0.548. The third kappa shape index (κ3) is 12.2. The van der Waals surface area contributed by atoms with Crippen LogP contribution in [-0.2, 0) is 16.0 Å². The Morgan fingerprint density at radius 3 is 2.22 bits per heavy atom. The number of aromatic amines is 1.